The Bertz CT molecular complexity index is 368. The second kappa shape index (κ2) is 2.90. The van der Waals surface area contributed by atoms with Gasteiger partial charge in [0.05, 0.1) is 5.41 Å². The maximum atomic E-state index is 5.78. The maximum absolute atomic E-state index is 5.78. The van der Waals surface area contributed by atoms with Crippen molar-refractivity contribution in [2.45, 2.75) is 18.3 Å². The van der Waals surface area contributed by atoms with Crippen molar-refractivity contribution in [1.82, 2.24) is 4.98 Å². The summed E-state index contributed by atoms with van der Waals surface area (Å²) in [6, 6.07) is 3.58. The average Bonchev–Trinajstić information content (AvgIpc) is 2.82. The molecule has 1 heterocycles. The molecular weight excluding hydrogens is 205 g/mol. The molecule has 1 nitrogen and oxygen atoms in total. The summed E-state index contributed by atoms with van der Waals surface area (Å²) in [6.45, 7) is 0. The predicted octanol–water partition coefficient (Wildman–Crippen LogP) is 3.05. The van der Waals surface area contributed by atoms with Crippen LogP contribution in [0.15, 0.2) is 12.1 Å². The Balaban J connectivity index is 2.48. The summed E-state index contributed by atoms with van der Waals surface area (Å²) in [5.41, 5.74) is 0.899. The smallest absolute Gasteiger partial charge is 0.131 e. The molecule has 0 saturated heterocycles. The minimum atomic E-state index is -0.115. The van der Waals surface area contributed by atoms with Gasteiger partial charge in [-0.05, 0) is 30.5 Å². The van der Waals surface area contributed by atoms with Gasteiger partial charge in [-0.25, -0.2) is 4.98 Å². The fraction of sp³-hybridized carbons (Fsp3) is 0.300. The Morgan fingerprint density at radius 3 is 2.23 bits per heavy atom. The molecular formula is C10H7Cl2N. The van der Waals surface area contributed by atoms with Crippen LogP contribution in [0.4, 0.5) is 0 Å². The van der Waals surface area contributed by atoms with Gasteiger partial charge in [-0.3, -0.25) is 0 Å². The van der Waals surface area contributed by atoms with Crippen molar-refractivity contribution in [1.29, 1.82) is 0 Å². The van der Waals surface area contributed by atoms with Crippen LogP contribution < -0.4 is 0 Å². The van der Waals surface area contributed by atoms with Crippen molar-refractivity contribution in [2.24, 2.45) is 0 Å². The van der Waals surface area contributed by atoms with Crippen LogP contribution >= 0.6 is 23.2 Å². The number of rotatable bonds is 1. The molecule has 0 bridgehead atoms. The lowest BCUT2D eigenvalue weighted by atomic mass is 9.99. The van der Waals surface area contributed by atoms with Crippen LogP contribution in [-0.4, -0.2) is 4.98 Å². The van der Waals surface area contributed by atoms with Gasteiger partial charge in [0, 0.05) is 0 Å². The Morgan fingerprint density at radius 1 is 1.31 bits per heavy atom. The first-order chi connectivity index (χ1) is 6.16. The molecule has 1 aromatic heterocycles. The van der Waals surface area contributed by atoms with E-state index in [-0.39, 0.29) is 5.41 Å². The van der Waals surface area contributed by atoms with Crippen LogP contribution in [0.5, 0.6) is 0 Å². The predicted molar refractivity (Wildman–Crippen MR) is 54.0 cm³/mol. The lowest BCUT2D eigenvalue weighted by Gasteiger charge is -2.07. The van der Waals surface area contributed by atoms with Crippen molar-refractivity contribution in [3.8, 4) is 12.3 Å². The zero-order valence-corrected chi connectivity index (χ0v) is 8.36. The Hall–Kier alpha value is -0.710. The monoisotopic (exact) mass is 211 g/mol. The summed E-state index contributed by atoms with van der Waals surface area (Å²) in [4.78, 5) is 3.87. The standard InChI is InChI=1S/C10H7Cl2N/c1-2-10(3-4-10)7-5-8(11)13-9(12)6-7/h1,5-6H,3-4H2. The second-order valence-corrected chi connectivity index (χ2v) is 4.00. The molecule has 0 aliphatic heterocycles. The molecule has 0 radical (unpaired) electrons. The summed E-state index contributed by atoms with van der Waals surface area (Å²) in [5.74, 6) is 2.78. The van der Waals surface area contributed by atoms with Crippen molar-refractivity contribution in [3.63, 3.8) is 0 Å². The number of pyridine rings is 1. The van der Waals surface area contributed by atoms with E-state index < -0.39 is 0 Å². The minimum absolute atomic E-state index is 0.115. The first kappa shape index (κ1) is 8.87. The summed E-state index contributed by atoms with van der Waals surface area (Å²) in [7, 11) is 0. The van der Waals surface area contributed by atoms with E-state index in [2.05, 4.69) is 10.9 Å². The first-order valence-electron chi connectivity index (χ1n) is 3.98. The van der Waals surface area contributed by atoms with Crippen molar-refractivity contribution in [3.05, 3.63) is 28.0 Å². The average molecular weight is 212 g/mol. The topological polar surface area (TPSA) is 12.9 Å². The van der Waals surface area contributed by atoms with Crippen LogP contribution in [0.25, 0.3) is 0 Å². The first-order valence-corrected chi connectivity index (χ1v) is 4.73. The fourth-order valence-corrected chi connectivity index (χ4v) is 1.84. The van der Waals surface area contributed by atoms with Gasteiger partial charge in [0.15, 0.2) is 0 Å². The molecule has 1 aliphatic carbocycles. The van der Waals surface area contributed by atoms with E-state index in [4.69, 9.17) is 29.6 Å². The normalized spacial score (nSPS) is 17.9. The molecule has 66 valence electrons. The molecule has 3 heteroatoms. The van der Waals surface area contributed by atoms with Crippen LogP contribution in [0.3, 0.4) is 0 Å². The summed E-state index contributed by atoms with van der Waals surface area (Å²) in [6.07, 6.45) is 7.47. The lowest BCUT2D eigenvalue weighted by Crippen LogP contribution is -2.02. The molecule has 1 aromatic rings. The highest BCUT2D eigenvalue weighted by Crippen LogP contribution is 2.48. The second-order valence-electron chi connectivity index (χ2n) is 3.23. The summed E-state index contributed by atoms with van der Waals surface area (Å²) >= 11 is 11.6. The van der Waals surface area contributed by atoms with E-state index in [0.29, 0.717) is 10.3 Å². The van der Waals surface area contributed by atoms with E-state index in [1.165, 1.54) is 0 Å². The van der Waals surface area contributed by atoms with Crippen molar-refractivity contribution in [2.75, 3.05) is 0 Å². The van der Waals surface area contributed by atoms with Gasteiger partial charge in [-0.1, -0.05) is 29.1 Å². The van der Waals surface area contributed by atoms with Crippen LogP contribution in [0.2, 0.25) is 10.3 Å². The third-order valence-electron chi connectivity index (χ3n) is 2.34. The lowest BCUT2D eigenvalue weighted by molar-refractivity contribution is 0.925. The molecule has 1 saturated carbocycles. The summed E-state index contributed by atoms with van der Waals surface area (Å²) in [5, 5.41) is 0.813. The highest BCUT2D eigenvalue weighted by Gasteiger charge is 2.42. The Morgan fingerprint density at radius 2 is 1.85 bits per heavy atom. The van der Waals surface area contributed by atoms with Crippen molar-refractivity contribution < 1.29 is 0 Å². The Kier molecular flexibility index (Phi) is 1.98. The van der Waals surface area contributed by atoms with E-state index >= 15 is 0 Å². The number of halogens is 2. The molecule has 2 rings (SSSR count). The molecule has 0 atom stereocenters. The van der Waals surface area contributed by atoms with E-state index in [1.807, 2.05) is 0 Å². The minimum Gasteiger partial charge on any atom is -0.224 e. The molecule has 1 aliphatic rings. The fourth-order valence-electron chi connectivity index (χ4n) is 1.38. The quantitative estimate of drug-likeness (QED) is 0.515. The van der Waals surface area contributed by atoms with Gasteiger partial charge in [-0.15, -0.1) is 6.42 Å². The van der Waals surface area contributed by atoms with Crippen molar-refractivity contribution >= 4 is 23.2 Å². The Labute approximate surface area is 87.1 Å². The van der Waals surface area contributed by atoms with Gasteiger partial charge in [0.1, 0.15) is 10.3 Å². The number of hydrogen-bond donors (Lipinski definition) is 0. The van der Waals surface area contributed by atoms with Crippen LogP contribution in [0.1, 0.15) is 18.4 Å². The SMILES string of the molecule is C#CC1(c2cc(Cl)nc(Cl)c2)CC1. The zero-order valence-electron chi connectivity index (χ0n) is 6.85. The van der Waals surface area contributed by atoms with E-state index in [1.54, 1.807) is 12.1 Å². The third kappa shape index (κ3) is 1.52. The van der Waals surface area contributed by atoms with Gasteiger partial charge in [-0.2, -0.15) is 0 Å². The van der Waals surface area contributed by atoms with Gasteiger partial charge < -0.3 is 0 Å². The number of nitrogens with zero attached hydrogens (tertiary/aromatic N) is 1. The van der Waals surface area contributed by atoms with E-state index in [9.17, 15) is 0 Å². The molecule has 0 unspecified atom stereocenters. The van der Waals surface area contributed by atoms with Crippen LogP contribution in [-0.2, 0) is 5.41 Å². The zero-order chi connectivity index (χ0) is 9.47. The molecule has 13 heavy (non-hydrogen) atoms. The summed E-state index contributed by atoms with van der Waals surface area (Å²) < 4.78 is 0. The molecule has 1 fully saturated rings. The number of terminal acetylenes is 1. The molecule has 0 N–H and O–H groups in total. The van der Waals surface area contributed by atoms with Crippen LogP contribution in [0, 0.1) is 12.3 Å². The van der Waals surface area contributed by atoms with Gasteiger partial charge >= 0.3 is 0 Å². The largest absolute Gasteiger partial charge is 0.224 e. The van der Waals surface area contributed by atoms with Gasteiger partial charge in [0.25, 0.3) is 0 Å². The molecule has 0 aromatic carbocycles. The maximum Gasteiger partial charge on any atom is 0.131 e. The number of aromatic nitrogens is 1. The molecule has 0 spiro atoms. The van der Waals surface area contributed by atoms with E-state index in [0.717, 1.165) is 18.4 Å². The number of hydrogen-bond acceptors (Lipinski definition) is 1. The van der Waals surface area contributed by atoms with Gasteiger partial charge in [0.2, 0.25) is 0 Å². The third-order valence-corrected chi connectivity index (χ3v) is 2.73. The highest BCUT2D eigenvalue weighted by atomic mass is 35.5. The molecule has 0 amide bonds. The highest BCUT2D eigenvalue weighted by molar-refractivity contribution is 6.32.